The van der Waals surface area contributed by atoms with Crippen LogP contribution < -0.4 is 4.57 Å². The number of aromatic nitrogens is 2. The quantitative estimate of drug-likeness (QED) is 0.486. The third-order valence-electron chi connectivity index (χ3n) is 5.05. The molecular formula is C22H22ClN2O+. The third kappa shape index (κ3) is 3.45. The highest BCUT2D eigenvalue weighted by Crippen LogP contribution is 2.24. The van der Waals surface area contributed by atoms with E-state index in [0.29, 0.717) is 6.54 Å². The smallest absolute Gasteiger partial charge is 0.257 e. The Balaban J connectivity index is 1.76. The summed E-state index contributed by atoms with van der Waals surface area (Å²) >= 11 is 6.06. The van der Waals surface area contributed by atoms with Crippen LogP contribution in [0.2, 0.25) is 5.02 Å². The van der Waals surface area contributed by atoms with Gasteiger partial charge in [-0.3, -0.25) is 4.79 Å². The van der Waals surface area contributed by atoms with Gasteiger partial charge in [0, 0.05) is 22.6 Å². The number of benzene rings is 2. The van der Waals surface area contributed by atoms with E-state index in [-0.39, 0.29) is 5.78 Å². The number of Topliss-reactive ketones (excluding diaryl/α,β-unsaturated/α-hetero) is 1. The van der Waals surface area contributed by atoms with Gasteiger partial charge in [0.2, 0.25) is 5.78 Å². The van der Waals surface area contributed by atoms with Gasteiger partial charge in [0.05, 0.1) is 6.54 Å². The Morgan fingerprint density at radius 2 is 1.77 bits per heavy atom. The lowest BCUT2D eigenvalue weighted by Crippen LogP contribution is -2.36. The molecule has 0 bridgehead atoms. The highest BCUT2D eigenvalue weighted by atomic mass is 35.5. The summed E-state index contributed by atoms with van der Waals surface area (Å²) < 4.78 is 4.53. The molecule has 3 nitrogen and oxygen atoms in total. The normalized spacial score (nSPS) is 13.9. The maximum Gasteiger partial charge on any atom is 0.257 e. The molecule has 0 aliphatic carbocycles. The molecule has 1 aliphatic rings. The average Bonchev–Trinajstić information content (AvgIpc) is 2.85. The van der Waals surface area contributed by atoms with Crippen molar-refractivity contribution < 1.29 is 9.36 Å². The maximum absolute atomic E-state index is 12.9. The zero-order valence-corrected chi connectivity index (χ0v) is 15.5. The number of imidazole rings is 1. The van der Waals surface area contributed by atoms with Gasteiger partial charge in [0.1, 0.15) is 6.20 Å². The van der Waals surface area contributed by atoms with Gasteiger partial charge in [0.15, 0.2) is 12.2 Å². The average molecular weight is 366 g/mol. The monoisotopic (exact) mass is 365 g/mol. The maximum atomic E-state index is 12.9. The van der Waals surface area contributed by atoms with Crippen LogP contribution in [0.1, 0.15) is 35.4 Å². The van der Waals surface area contributed by atoms with E-state index in [2.05, 4.69) is 15.3 Å². The summed E-state index contributed by atoms with van der Waals surface area (Å²) in [6, 6.07) is 17.4. The largest absolute Gasteiger partial charge is 0.290 e. The predicted octanol–water partition coefficient (Wildman–Crippen LogP) is 4.71. The number of halogens is 1. The number of aryl methyl sites for hydroxylation is 1. The molecule has 2 aromatic carbocycles. The van der Waals surface area contributed by atoms with Crippen molar-refractivity contribution in [2.45, 2.75) is 38.8 Å². The lowest BCUT2D eigenvalue weighted by molar-refractivity contribution is -0.702. The lowest BCUT2D eigenvalue weighted by atomic mass is 10.1. The van der Waals surface area contributed by atoms with E-state index in [9.17, 15) is 4.79 Å². The second-order valence-electron chi connectivity index (χ2n) is 6.82. The van der Waals surface area contributed by atoms with Crippen molar-refractivity contribution in [3.05, 3.63) is 77.2 Å². The van der Waals surface area contributed by atoms with Gasteiger partial charge in [-0.1, -0.05) is 41.9 Å². The minimum atomic E-state index is 0.143. The minimum Gasteiger partial charge on any atom is -0.290 e. The van der Waals surface area contributed by atoms with Crippen molar-refractivity contribution in [1.29, 1.82) is 0 Å². The van der Waals surface area contributed by atoms with Gasteiger partial charge in [-0.05, 0) is 43.5 Å². The number of nitrogens with zero attached hydrogens (tertiary/aromatic N) is 2. The van der Waals surface area contributed by atoms with Gasteiger partial charge in [-0.2, -0.15) is 0 Å². The number of rotatable bonds is 4. The van der Waals surface area contributed by atoms with Crippen molar-refractivity contribution in [3.8, 4) is 11.3 Å². The van der Waals surface area contributed by atoms with Gasteiger partial charge in [-0.25, -0.2) is 9.13 Å². The Morgan fingerprint density at radius 3 is 2.54 bits per heavy atom. The molecular weight excluding hydrogens is 344 g/mol. The highest BCUT2D eigenvalue weighted by Gasteiger charge is 2.27. The first-order valence-corrected chi connectivity index (χ1v) is 9.56. The van der Waals surface area contributed by atoms with Crippen LogP contribution in [-0.4, -0.2) is 10.4 Å². The summed E-state index contributed by atoms with van der Waals surface area (Å²) in [5.74, 6) is 1.39. The van der Waals surface area contributed by atoms with E-state index >= 15 is 0 Å². The fourth-order valence-corrected chi connectivity index (χ4v) is 3.81. The molecule has 0 spiro atoms. The molecule has 2 heterocycles. The molecule has 0 atom stereocenters. The van der Waals surface area contributed by atoms with Crippen LogP contribution in [-0.2, 0) is 19.5 Å². The van der Waals surface area contributed by atoms with Crippen LogP contribution in [0.4, 0.5) is 0 Å². The summed E-state index contributed by atoms with van der Waals surface area (Å²) in [7, 11) is 0. The van der Waals surface area contributed by atoms with E-state index in [4.69, 9.17) is 11.6 Å². The minimum absolute atomic E-state index is 0.143. The fraction of sp³-hybridized carbons (Fsp3) is 0.273. The first-order chi connectivity index (χ1) is 12.7. The van der Waals surface area contributed by atoms with Crippen molar-refractivity contribution in [2.75, 3.05) is 0 Å². The summed E-state index contributed by atoms with van der Waals surface area (Å²) in [6.07, 6.45) is 6.81. The van der Waals surface area contributed by atoms with Crippen LogP contribution in [0.15, 0.2) is 60.8 Å². The Kier molecular flexibility index (Phi) is 4.89. The Hall–Kier alpha value is -2.39. The molecule has 26 heavy (non-hydrogen) atoms. The number of hydrogen-bond donors (Lipinski definition) is 0. The number of fused-ring (bicyclic) bond motifs is 1. The molecule has 3 aromatic rings. The van der Waals surface area contributed by atoms with E-state index in [0.717, 1.165) is 34.8 Å². The predicted molar refractivity (Wildman–Crippen MR) is 103 cm³/mol. The number of carbonyl (C=O) groups excluding carboxylic acids is 1. The van der Waals surface area contributed by atoms with Crippen LogP contribution >= 0.6 is 11.6 Å². The van der Waals surface area contributed by atoms with Gasteiger partial charge >= 0.3 is 0 Å². The van der Waals surface area contributed by atoms with Crippen molar-refractivity contribution in [1.82, 2.24) is 4.57 Å². The van der Waals surface area contributed by atoms with E-state index in [1.54, 1.807) is 0 Å². The second-order valence-corrected chi connectivity index (χ2v) is 7.25. The Morgan fingerprint density at radius 1 is 1.00 bits per heavy atom. The molecule has 0 amide bonds. The van der Waals surface area contributed by atoms with Crippen LogP contribution in [0.3, 0.4) is 0 Å². The first kappa shape index (κ1) is 17.0. The molecule has 4 heteroatoms. The fourth-order valence-electron chi connectivity index (χ4n) is 3.69. The van der Waals surface area contributed by atoms with E-state index in [1.165, 1.54) is 25.1 Å². The summed E-state index contributed by atoms with van der Waals surface area (Å²) in [5, 5.41) is 0.724. The topological polar surface area (TPSA) is 25.9 Å². The molecule has 0 unspecified atom stereocenters. The van der Waals surface area contributed by atoms with Gasteiger partial charge < -0.3 is 0 Å². The zero-order valence-electron chi connectivity index (χ0n) is 14.7. The molecule has 1 aliphatic heterocycles. The standard InChI is InChI=1S/C22H22ClN2O/c23-19-12-10-17(11-13-19)20-15-24-14-6-2-5-9-22(24)25(20)16-21(26)18-7-3-1-4-8-18/h1,3-4,7-8,10-13,15H,2,5-6,9,14,16H2/q+1. The zero-order chi connectivity index (χ0) is 17.9. The van der Waals surface area contributed by atoms with Crippen LogP contribution in [0.5, 0.6) is 0 Å². The molecule has 0 fully saturated rings. The molecule has 0 saturated carbocycles. The van der Waals surface area contributed by atoms with Crippen LogP contribution in [0, 0.1) is 0 Å². The summed E-state index contributed by atoms with van der Waals surface area (Å²) in [6.45, 7) is 1.38. The van der Waals surface area contributed by atoms with E-state index < -0.39 is 0 Å². The second kappa shape index (κ2) is 7.46. The van der Waals surface area contributed by atoms with Crippen molar-refractivity contribution in [2.24, 2.45) is 0 Å². The van der Waals surface area contributed by atoms with Crippen LogP contribution in [0.25, 0.3) is 11.3 Å². The van der Waals surface area contributed by atoms with Gasteiger partial charge in [-0.15, -0.1) is 0 Å². The lowest BCUT2D eigenvalue weighted by Gasteiger charge is -2.06. The molecule has 0 N–H and O–H groups in total. The first-order valence-electron chi connectivity index (χ1n) is 9.18. The SMILES string of the molecule is O=C(Cn1c(-c2ccc(Cl)cc2)c[n+]2c1CCCCC2)c1ccccc1. The van der Waals surface area contributed by atoms with Crippen molar-refractivity contribution in [3.63, 3.8) is 0 Å². The van der Waals surface area contributed by atoms with Crippen molar-refractivity contribution >= 4 is 17.4 Å². The number of hydrogen-bond acceptors (Lipinski definition) is 1. The highest BCUT2D eigenvalue weighted by molar-refractivity contribution is 6.30. The molecule has 132 valence electrons. The molecule has 1 aromatic heterocycles. The molecule has 0 radical (unpaired) electrons. The van der Waals surface area contributed by atoms with E-state index in [1.807, 2.05) is 54.6 Å². The Bertz CT molecular complexity index is 913. The Labute approximate surface area is 158 Å². The summed E-state index contributed by atoms with van der Waals surface area (Å²) in [4.78, 5) is 12.9. The number of ketones is 1. The van der Waals surface area contributed by atoms with Gasteiger partial charge in [0.25, 0.3) is 5.82 Å². The number of carbonyl (C=O) groups is 1. The molecule has 0 saturated heterocycles. The summed E-state index contributed by atoms with van der Waals surface area (Å²) in [5.41, 5.74) is 2.94. The molecule has 4 rings (SSSR count). The third-order valence-corrected chi connectivity index (χ3v) is 5.30.